The van der Waals surface area contributed by atoms with E-state index in [0.717, 1.165) is 11.1 Å². The third-order valence-corrected chi connectivity index (χ3v) is 7.10. The second-order valence-corrected chi connectivity index (χ2v) is 8.85. The van der Waals surface area contributed by atoms with E-state index in [1.54, 1.807) is 0 Å². The summed E-state index contributed by atoms with van der Waals surface area (Å²) in [5.41, 5.74) is 7.30. The first kappa shape index (κ1) is 18.8. The number of rotatable bonds is 5. The van der Waals surface area contributed by atoms with E-state index in [4.69, 9.17) is 0 Å². The fourth-order valence-corrected chi connectivity index (χ4v) is 5.18. The second kappa shape index (κ2) is 7.56. The maximum atomic E-state index is 12.6. The molecule has 130 valence electrons. The smallest absolute Gasteiger partial charge is 0.171 e. The Morgan fingerprint density at radius 1 is 0.792 bits per heavy atom. The van der Waals surface area contributed by atoms with Crippen molar-refractivity contribution in [3.63, 3.8) is 0 Å². The minimum Gasteiger partial charge on any atom is -0.171 e. The minimum absolute atomic E-state index is 0.144. The zero-order valence-corrected chi connectivity index (χ0v) is 16.2. The highest BCUT2D eigenvalue weighted by Gasteiger charge is 2.27. The SMILES string of the molecule is Cc1ccc(C([SiH2]CCC(F)(F)F)c2ccc(C)c(C)c2)cc1C. The van der Waals surface area contributed by atoms with Crippen molar-refractivity contribution in [1.29, 1.82) is 0 Å². The van der Waals surface area contributed by atoms with Gasteiger partial charge in [0.05, 0.1) is 0 Å². The first-order valence-electron chi connectivity index (χ1n) is 8.38. The van der Waals surface area contributed by atoms with Crippen molar-refractivity contribution >= 4 is 9.52 Å². The molecule has 2 aromatic rings. The van der Waals surface area contributed by atoms with Crippen LogP contribution in [-0.4, -0.2) is 15.7 Å². The average Bonchev–Trinajstić information content (AvgIpc) is 2.49. The molecule has 0 atom stereocenters. The highest BCUT2D eigenvalue weighted by molar-refractivity contribution is 6.39. The van der Waals surface area contributed by atoms with E-state index >= 15 is 0 Å². The van der Waals surface area contributed by atoms with Crippen LogP contribution in [0, 0.1) is 27.7 Å². The lowest BCUT2D eigenvalue weighted by Crippen LogP contribution is -2.15. The van der Waals surface area contributed by atoms with Crippen LogP contribution >= 0.6 is 0 Å². The molecule has 0 heterocycles. The molecular formula is C20H25F3Si. The Bertz CT molecular complexity index is 653. The number of halogens is 3. The maximum absolute atomic E-state index is 12.6. The van der Waals surface area contributed by atoms with Crippen LogP contribution in [0.4, 0.5) is 13.2 Å². The summed E-state index contributed by atoms with van der Waals surface area (Å²) in [6.45, 7) is 8.25. The molecule has 0 radical (unpaired) electrons. The lowest BCUT2D eigenvalue weighted by molar-refractivity contribution is -0.130. The summed E-state index contributed by atoms with van der Waals surface area (Å²) >= 11 is 0. The zero-order chi connectivity index (χ0) is 17.9. The molecule has 0 N–H and O–H groups in total. The summed E-state index contributed by atoms with van der Waals surface area (Å²) in [5, 5.41) is 0. The van der Waals surface area contributed by atoms with Crippen LogP contribution in [0.2, 0.25) is 6.04 Å². The van der Waals surface area contributed by atoms with Gasteiger partial charge in [-0.2, -0.15) is 13.2 Å². The number of hydrogen-bond acceptors (Lipinski definition) is 0. The zero-order valence-electron chi connectivity index (χ0n) is 14.8. The Hall–Kier alpha value is -1.55. The van der Waals surface area contributed by atoms with Crippen LogP contribution in [0.1, 0.15) is 45.3 Å². The molecule has 4 heteroatoms. The summed E-state index contributed by atoms with van der Waals surface area (Å²) in [4.78, 5) is 0. The molecule has 0 fully saturated rings. The topological polar surface area (TPSA) is 0 Å². The number of benzene rings is 2. The van der Waals surface area contributed by atoms with Crippen molar-refractivity contribution in [2.24, 2.45) is 0 Å². The summed E-state index contributed by atoms with van der Waals surface area (Å²) < 4.78 is 37.7. The van der Waals surface area contributed by atoms with Gasteiger partial charge in [-0.3, -0.25) is 0 Å². The van der Waals surface area contributed by atoms with Crippen molar-refractivity contribution in [2.75, 3.05) is 0 Å². The molecule has 2 rings (SSSR count). The number of aryl methyl sites for hydroxylation is 4. The van der Waals surface area contributed by atoms with E-state index in [1.807, 2.05) is 0 Å². The molecule has 24 heavy (non-hydrogen) atoms. The van der Waals surface area contributed by atoms with E-state index in [1.165, 1.54) is 22.3 Å². The summed E-state index contributed by atoms with van der Waals surface area (Å²) in [6, 6.07) is 12.9. The normalized spacial score (nSPS) is 12.5. The van der Waals surface area contributed by atoms with Crippen LogP contribution in [0.15, 0.2) is 36.4 Å². The van der Waals surface area contributed by atoms with Crippen molar-refractivity contribution in [2.45, 2.75) is 51.9 Å². The first-order valence-corrected chi connectivity index (χ1v) is 10.2. The van der Waals surface area contributed by atoms with Crippen molar-refractivity contribution in [1.82, 2.24) is 0 Å². The van der Waals surface area contributed by atoms with E-state index in [2.05, 4.69) is 64.1 Å². The Morgan fingerprint density at radius 2 is 1.25 bits per heavy atom. The summed E-state index contributed by atoms with van der Waals surface area (Å²) in [5.74, 6) is 0. The van der Waals surface area contributed by atoms with Gasteiger partial charge >= 0.3 is 6.18 Å². The Kier molecular flexibility index (Phi) is 5.91. The lowest BCUT2D eigenvalue weighted by Gasteiger charge is -2.20. The predicted molar refractivity (Wildman–Crippen MR) is 97.7 cm³/mol. The summed E-state index contributed by atoms with van der Waals surface area (Å²) in [6.07, 6.45) is -4.71. The molecule has 0 saturated heterocycles. The third-order valence-electron chi connectivity index (χ3n) is 4.82. The number of alkyl halides is 3. The molecule has 0 nitrogen and oxygen atoms in total. The largest absolute Gasteiger partial charge is 0.388 e. The molecule has 0 unspecified atom stereocenters. The van der Waals surface area contributed by atoms with Gasteiger partial charge in [0.2, 0.25) is 0 Å². The molecule has 0 bridgehead atoms. The van der Waals surface area contributed by atoms with Crippen molar-refractivity contribution in [3.8, 4) is 0 Å². The van der Waals surface area contributed by atoms with Gasteiger partial charge in [0.15, 0.2) is 0 Å². The second-order valence-electron chi connectivity index (χ2n) is 6.75. The van der Waals surface area contributed by atoms with Crippen LogP contribution in [0.25, 0.3) is 0 Å². The quantitative estimate of drug-likeness (QED) is 0.620. The maximum Gasteiger partial charge on any atom is 0.388 e. The Morgan fingerprint density at radius 3 is 1.62 bits per heavy atom. The van der Waals surface area contributed by atoms with Gasteiger partial charge in [-0.1, -0.05) is 42.4 Å². The van der Waals surface area contributed by atoms with Crippen LogP contribution < -0.4 is 0 Å². The Balaban J connectivity index is 2.32. The van der Waals surface area contributed by atoms with Gasteiger partial charge in [-0.15, -0.1) is 0 Å². The van der Waals surface area contributed by atoms with Crippen molar-refractivity contribution in [3.05, 3.63) is 69.8 Å². The fourth-order valence-electron chi connectivity index (χ4n) is 3.00. The molecule has 0 aliphatic rings. The minimum atomic E-state index is -4.05. The highest BCUT2D eigenvalue weighted by Crippen LogP contribution is 2.30. The molecule has 2 aromatic carbocycles. The number of hydrogen-bond donors (Lipinski definition) is 0. The van der Waals surface area contributed by atoms with Gasteiger partial charge in [-0.25, -0.2) is 0 Å². The molecule has 0 amide bonds. The van der Waals surface area contributed by atoms with E-state index in [-0.39, 0.29) is 11.6 Å². The summed E-state index contributed by atoms with van der Waals surface area (Å²) in [7, 11) is -0.928. The standard InChI is InChI=1S/C20H25F3Si/c1-13-5-7-17(11-15(13)3)19(24-10-9-20(21,22)23)18-8-6-14(2)16(4)12-18/h5-8,11-12,19H,9-10,24H2,1-4H3. The van der Waals surface area contributed by atoms with E-state index in [0.29, 0.717) is 0 Å². The van der Waals surface area contributed by atoms with E-state index < -0.39 is 22.1 Å². The van der Waals surface area contributed by atoms with Gasteiger partial charge in [0.25, 0.3) is 0 Å². The average molecular weight is 351 g/mol. The molecular weight excluding hydrogens is 325 g/mol. The van der Waals surface area contributed by atoms with Crippen LogP contribution in [-0.2, 0) is 0 Å². The van der Waals surface area contributed by atoms with Gasteiger partial charge < -0.3 is 0 Å². The Labute approximate surface area is 144 Å². The molecule has 0 saturated carbocycles. The molecule has 0 aliphatic heterocycles. The fraction of sp³-hybridized carbons (Fsp3) is 0.400. The predicted octanol–water partition coefficient (Wildman–Crippen LogP) is 5.55. The van der Waals surface area contributed by atoms with Crippen molar-refractivity contribution < 1.29 is 13.2 Å². The monoisotopic (exact) mass is 350 g/mol. The molecule has 0 aromatic heterocycles. The molecule has 0 aliphatic carbocycles. The lowest BCUT2D eigenvalue weighted by atomic mass is 9.97. The molecule has 0 spiro atoms. The first-order chi connectivity index (χ1) is 11.2. The van der Waals surface area contributed by atoms with Gasteiger partial charge in [0.1, 0.15) is 0 Å². The highest BCUT2D eigenvalue weighted by atomic mass is 28.2. The van der Waals surface area contributed by atoms with E-state index in [9.17, 15) is 13.2 Å². The van der Waals surface area contributed by atoms with Gasteiger partial charge in [0, 0.05) is 15.9 Å². The van der Waals surface area contributed by atoms with Crippen LogP contribution in [0.5, 0.6) is 0 Å². The van der Waals surface area contributed by atoms with Crippen LogP contribution in [0.3, 0.4) is 0 Å². The third kappa shape index (κ3) is 4.97. The van der Waals surface area contributed by atoms with Gasteiger partial charge in [-0.05, 0) is 66.6 Å².